The highest BCUT2D eigenvalue weighted by Crippen LogP contribution is 2.27. The van der Waals surface area contributed by atoms with Crippen LogP contribution in [0.15, 0.2) is 36.7 Å². The summed E-state index contributed by atoms with van der Waals surface area (Å²) in [7, 11) is 0. The summed E-state index contributed by atoms with van der Waals surface area (Å²) in [6.45, 7) is 13.7. The number of benzene rings is 1. The lowest BCUT2D eigenvalue weighted by Crippen LogP contribution is -2.52. The second-order valence-corrected chi connectivity index (χ2v) is 18.2. The van der Waals surface area contributed by atoms with Crippen molar-refractivity contribution in [2.45, 2.75) is 84.0 Å². The number of nitrogens with two attached hydrogens (primary N) is 2. The van der Waals surface area contributed by atoms with Crippen LogP contribution in [0.3, 0.4) is 0 Å². The number of rotatable bonds is 28. The molecule has 25 heteroatoms. The number of carbonyl (C=O) groups is 3. The minimum atomic E-state index is -1.02. The SMILES string of the molecule is C#CCOCCOCCOCCNc1nc(N2CCN(C(=O)[C@@H](Cc3ccc(O)cc3)n3cc(C(N)[C@H](C)CC)nn3)CC2)nc(N2CCN(C(=O)[C@H](CCC(=O)O)n3cc(C(N)[C@H](C)CC)nn3)CC2)n1.Cl. The summed E-state index contributed by atoms with van der Waals surface area (Å²) >= 11 is 0. The molecule has 1 aromatic carbocycles. The van der Waals surface area contributed by atoms with Crippen molar-refractivity contribution in [2.75, 3.05) is 114 Å². The van der Waals surface area contributed by atoms with E-state index in [4.69, 9.17) is 47.1 Å². The number of carbonyl (C=O) groups excluding carboxylic acids is 2. The largest absolute Gasteiger partial charge is 0.508 e. The van der Waals surface area contributed by atoms with E-state index in [-0.39, 0.29) is 73.3 Å². The van der Waals surface area contributed by atoms with E-state index in [1.165, 1.54) is 4.68 Å². The topological polar surface area (TPSA) is 296 Å². The number of phenolic OH excluding ortho intramolecular Hbond substituents is 1. The number of nitrogens with zero attached hydrogens (tertiary/aromatic N) is 13. The number of ether oxygens (including phenoxy) is 3. The molecule has 400 valence electrons. The average Bonchev–Trinajstić information content (AvgIpc) is 4.10. The van der Waals surface area contributed by atoms with E-state index in [0.717, 1.165) is 18.4 Å². The third-order valence-corrected chi connectivity index (χ3v) is 13.3. The van der Waals surface area contributed by atoms with Crippen LogP contribution in [-0.2, 0) is 35.0 Å². The Morgan fingerprint density at radius 2 is 1.21 bits per heavy atom. The number of piperazine rings is 2. The van der Waals surface area contributed by atoms with Gasteiger partial charge in [0.25, 0.3) is 0 Å². The van der Waals surface area contributed by atoms with E-state index in [2.05, 4.69) is 45.7 Å². The number of hydrogen-bond donors (Lipinski definition) is 5. The van der Waals surface area contributed by atoms with Crippen LogP contribution in [0, 0.1) is 24.2 Å². The molecule has 2 saturated heterocycles. The second kappa shape index (κ2) is 28.9. The first-order chi connectivity index (χ1) is 34.8. The van der Waals surface area contributed by atoms with E-state index < -0.39 is 18.1 Å². The molecule has 0 bridgehead atoms. The predicted molar refractivity (Wildman–Crippen MR) is 274 cm³/mol. The molecule has 2 aliphatic heterocycles. The number of aromatic nitrogens is 9. The quantitative estimate of drug-likeness (QED) is 0.0403. The molecular weight excluding hydrogens is 964 g/mol. The lowest BCUT2D eigenvalue weighted by Gasteiger charge is -2.38. The monoisotopic (exact) mass is 1040 g/mol. The Morgan fingerprint density at radius 1 is 0.726 bits per heavy atom. The van der Waals surface area contributed by atoms with Gasteiger partial charge in [-0.3, -0.25) is 14.4 Å². The van der Waals surface area contributed by atoms with Gasteiger partial charge in [-0.05, 0) is 36.0 Å². The predicted octanol–water partition coefficient (Wildman–Crippen LogP) is 2.26. The molecule has 0 spiro atoms. The van der Waals surface area contributed by atoms with Crippen molar-refractivity contribution in [2.24, 2.45) is 23.3 Å². The number of aliphatic carboxylic acids is 1. The fourth-order valence-electron chi connectivity index (χ4n) is 8.26. The number of carboxylic acid groups (broad SMARTS) is 1. The number of halogens is 1. The van der Waals surface area contributed by atoms with E-state index in [1.54, 1.807) is 46.2 Å². The van der Waals surface area contributed by atoms with Crippen LogP contribution in [0.4, 0.5) is 17.8 Å². The molecular formula is C48H73ClN16O8. The maximum Gasteiger partial charge on any atom is 0.303 e. The van der Waals surface area contributed by atoms with Crippen LogP contribution in [0.25, 0.3) is 0 Å². The Hall–Kier alpha value is -6.23. The average molecular weight is 1040 g/mol. The zero-order valence-electron chi connectivity index (χ0n) is 42.4. The molecule has 3 aromatic heterocycles. The number of terminal acetylenes is 1. The molecule has 5 heterocycles. The Bertz CT molecular complexity index is 2370. The second-order valence-electron chi connectivity index (χ2n) is 18.2. The number of hydrogen-bond acceptors (Lipinski definition) is 19. The van der Waals surface area contributed by atoms with E-state index in [0.29, 0.717) is 128 Å². The zero-order valence-corrected chi connectivity index (χ0v) is 43.2. The molecule has 0 radical (unpaired) electrons. The number of amides is 2. The van der Waals surface area contributed by atoms with Gasteiger partial charge in [0.1, 0.15) is 24.4 Å². The van der Waals surface area contributed by atoms with Gasteiger partial charge < -0.3 is 60.8 Å². The van der Waals surface area contributed by atoms with Gasteiger partial charge in [0, 0.05) is 71.7 Å². The van der Waals surface area contributed by atoms with Crippen LogP contribution in [-0.4, -0.2) is 181 Å². The minimum Gasteiger partial charge on any atom is -0.508 e. The zero-order chi connectivity index (χ0) is 51.6. The van der Waals surface area contributed by atoms with Gasteiger partial charge in [-0.15, -0.1) is 29.0 Å². The highest BCUT2D eigenvalue weighted by atomic mass is 35.5. The van der Waals surface area contributed by atoms with Crippen LogP contribution in [0.5, 0.6) is 5.75 Å². The molecule has 24 nitrogen and oxygen atoms in total. The van der Waals surface area contributed by atoms with Gasteiger partial charge in [0.05, 0.1) is 68.9 Å². The summed E-state index contributed by atoms with van der Waals surface area (Å²) < 4.78 is 19.6. The van der Waals surface area contributed by atoms with Crippen molar-refractivity contribution in [1.82, 2.24) is 54.7 Å². The van der Waals surface area contributed by atoms with Crippen LogP contribution in [0.2, 0.25) is 0 Å². The number of aromatic hydroxyl groups is 1. The Balaban J connectivity index is 0.00000988. The number of anilines is 3. The van der Waals surface area contributed by atoms with Gasteiger partial charge in [0.15, 0.2) is 0 Å². The number of carboxylic acids is 1. The summed E-state index contributed by atoms with van der Waals surface area (Å²) in [6, 6.07) is 4.46. The third kappa shape index (κ3) is 16.4. The van der Waals surface area contributed by atoms with Crippen molar-refractivity contribution >= 4 is 48.0 Å². The van der Waals surface area contributed by atoms with Crippen molar-refractivity contribution in [3.63, 3.8) is 0 Å². The van der Waals surface area contributed by atoms with E-state index >= 15 is 0 Å². The molecule has 2 unspecified atom stereocenters. The molecule has 6 atom stereocenters. The Labute approximate surface area is 432 Å². The summed E-state index contributed by atoms with van der Waals surface area (Å²) in [5.41, 5.74) is 15.0. The summed E-state index contributed by atoms with van der Waals surface area (Å²) in [5.74, 6) is 2.59. The van der Waals surface area contributed by atoms with E-state index in [1.807, 2.05) is 28.5 Å². The first-order valence-corrected chi connectivity index (χ1v) is 24.9. The van der Waals surface area contributed by atoms with E-state index in [9.17, 15) is 24.6 Å². The van der Waals surface area contributed by atoms with Gasteiger partial charge in [0.2, 0.25) is 29.7 Å². The minimum absolute atomic E-state index is 0. The maximum atomic E-state index is 14.5. The molecule has 4 aromatic rings. The lowest BCUT2D eigenvalue weighted by molar-refractivity contribution is -0.139. The molecule has 2 fully saturated rings. The highest BCUT2D eigenvalue weighted by molar-refractivity contribution is 5.85. The van der Waals surface area contributed by atoms with Gasteiger partial charge >= 0.3 is 5.97 Å². The van der Waals surface area contributed by atoms with Crippen molar-refractivity contribution in [3.05, 3.63) is 53.6 Å². The van der Waals surface area contributed by atoms with Crippen molar-refractivity contribution < 1.29 is 38.8 Å². The third-order valence-electron chi connectivity index (χ3n) is 13.3. The van der Waals surface area contributed by atoms with Gasteiger partial charge in [-0.1, -0.05) is 69.0 Å². The highest BCUT2D eigenvalue weighted by Gasteiger charge is 2.34. The molecule has 2 aliphatic rings. The fraction of sp³-hybridized carbons (Fsp3) is 0.625. The smallest absolute Gasteiger partial charge is 0.303 e. The molecule has 0 aliphatic carbocycles. The molecule has 0 saturated carbocycles. The molecule has 7 N–H and O–H groups in total. The van der Waals surface area contributed by atoms with Crippen LogP contribution < -0.4 is 26.6 Å². The Kier molecular flexibility index (Phi) is 22.8. The lowest BCUT2D eigenvalue weighted by atomic mass is 9.98. The van der Waals surface area contributed by atoms with Crippen LogP contribution in [0.1, 0.15) is 94.5 Å². The van der Waals surface area contributed by atoms with Crippen molar-refractivity contribution in [1.29, 1.82) is 0 Å². The molecule has 6 rings (SSSR count). The van der Waals surface area contributed by atoms with Crippen LogP contribution >= 0.6 is 12.4 Å². The maximum absolute atomic E-state index is 14.5. The number of phenols is 1. The summed E-state index contributed by atoms with van der Waals surface area (Å²) in [6.07, 6.45) is 10.4. The van der Waals surface area contributed by atoms with Crippen molar-refractivity contribution in [3.8, 4) is 18.1 Å². The fourth-order valence-corrected chi connectivity index (χ4v) is 8.26. The summed E-state index contributed by atoms with van der Waals surface area (Å²) in [4.78, 5) is 62.4. The molecule has 73 heavy (non-hydrogen) atoms. The normalized spacial score (nSPS) is 16.5. The standard InChI is InChI=1S/C48H72N16O8.ClH/c1-6-24-70-26-28-72-29-27-71-25-15-51-46-52-47(61-20-16-59(17-21-61)44(68)39(13-14-41(66)67)63-31-37(55-57-63)42(49)33(4)7-2)54-48(53-46)62-22-18-60(19-23-62)45(69)40(30-35-9-11-36(65)12-10-35)64-32-38(56-58-64)43(50)34(5)8-3;/h1,9-12,31-34,39-40,42-43,65H,7-8,13-30,49-50H2,2-5H3,(H,66,67)(H,51,52,53,54);1H/t33-,34-,39+,40-,42?,43?;/m1./s1. The Morgan fingerprint density at radius 3 is 1.70 bits per heavy atom. The molecule has 2 amide bonds. The number of nitrogens with one attached hydrogen (secondary N) is 1. The summed E-state index contributed by atoms with van der Waals surface area (Å²) in [5, 5.41) is 40.1. The van der Waals surface area contributed by atoms with Gasteiger partial charge in [-0.2, -0.15) is 15.0 Å². The first-order valence-electron chi connectivity index (χ1n) is 24.9. The van der Waals surface area contributed by atoms with Gasteiger partial charge in [-0.25, -0.2) is 9.36 Å². The first kappa shape index (κ1) is 57.7.